The normalized spacial score (nSPS) is 16.4. The van der Waals surface area contributed by atoms with E-state index in [4.69, 9.17) is 0 Å². The summed E-state index contributed by atoms with van der Waals surface area (Å²) >= 11 is 6.85. The van der Waals surface area contributed by atoms with E-state index in [0.717, 1.165) is 50.3 Å². The Morgan fingerprint density at radius 1 is 0.733 bits per heavy atom. The minimum absolute atomic E-state index is 0.0371. The molecule has 45 heavy (non-hydrogen) atoms. The number of aromatic nitrogens is 4. The zero-order chi connectivity index (χ0) is 33.9. The fraction of sp³-hybridized carbons (Fsp3) is 0.688. The number of likely N-dealkylation sites (N-methyl/N-ethyl adjacent to an activating group) is 1. The molecule has 11 nitrogen and oxygen atoms in total. The highest BCUT2D eigenvalue weighted by atomic mass is 79.9. The van der Waals surface area contributed by atoms with Crippen LogP contribution in [0.25, 0.3) is 0 Å². The lowest BCUT2D eigenvalue weighted by Gasteiger charge is -2.30. The number of nitrogens with one attached hydrogen (secondary N) is 2. The van der Waals surface area contributed by atoms with E-state index in [0.29, 0.717) is 40.2 Å². The zero-order valence-electron chi connectivity index (χ0n) is 28.1. The average Bonchev–Trinajstić information content (AvgIpc) is 3.48. The molecule has 0 unspecified atom stereocenters. The number of Topliss-reactive ketones (excluding diaryl/α,β-unsaturated/α-hetero) is 2. The summed E-state index contributed by atoms with van der Waals surface area (Å²) in [5, 5.41) is 5.80. The zero-order valence-corrected chi connectivity index (χ0v) is 31.3. The maximum atomic E-state index is 12.7. The van der Waals surface area contributed by atoms with E-state index in [1.165, 1.54) is 0 Å². The average molecular weight is 756 g/mol. The molecule has 0 spiro atoms. The number of fused-ring (bicyclic) bond motifs is 2. The lowest BCUT2D eigenvalue weighted by atomic mass is 9.83. The van der Waals surface area contributed by atoms with Gasteiger partial charge in [0.25, 0.3) is 11.8 Å². The summed E-state index contributed by atoms with van der Waals surface area (Å²) < 4.78 is 5.43. The van der Waals surface area contributed by atoms with E-state index in [9.17, 15) is 19.2 Å². The minimum Gasteiger partial charge on any atom is -0.340 e. The van der Waals surface area contributed by atoms with Crippen LogP contribution in [0, 0.1) is 10.8 Å². The number of carbonyl (C=O) groups excluding carboxylic acids is 4. The smallest absolute Gasteiger partial charge is 0.272 e. The number of hydrogen-bond donors (Lipinski definition) is 2. The number of carbonyl (C=O) groups is 4. The first-order valence-electron chi connectivity index (χ1n) is 15.8. The van der Waals surface area contributed by atoms with E-state index in [2.05, 4.69) is 57.4 Å². The summed E-state index contributed by atoms with van der Waals surface area (Å²) in [6.07, 6.45) is 3.82. The van der Waals surface area contributed by atoms with Crippen molar-refractivity contribution in [1.82, 2.24) is 34.6 Å². The third kappa shape index (κ3) is 8.91. The van der Waals surface area contributed by atoms with Crippen molar-refractivity contribution in [2.75, 3.05) is 13.6 Å². The molecule has 2 amide bonds. The van der Waals surface area contributed by atoms with Crippen molar-refractivity contribution in [3.63, 3.8) is 0 Å². The third-order valence-corrected chi connectivity index (χ3v) is 9.49. The molecule has 2 atom stereocenters. The quantitative estimate of drug-likeness (QED) is 0.373. The number of imidazole rings is 2. The summed E-state index contributed by atoms with van der Waals surface area (Å²) in [7, 11) is 2.02. The van der Waals surface area contributed by atoms with Crippen molar-refractivity contribution in [3.05, 3.63) is 32.2 Å². The molecular formula is C32H49Br2N7O4. The second-order valence-corrected chi connectivity index (χ2v) is 15.5. The molecule has 0 aromatic carbocycles. The van der Waals surface area contributed by atoms with Gasteiger partial charge in [0.15, 0.2) is 32.4 Å². The standard InChI is InChI=1S/C16H25BrN4O2.C16H24BrN3O2/c1-6-11(22)13(16(2,3)4)19-14(23)12-10-9-20(5)7-8-21(10)15(17)18-12;1-5-11(21)13(16(2,3)4)19-14(22)12-10-8-6-7-9-20(10)15(17)18-12/h13H,6-9H2,1-5H3,(H,19,23);13H,5-9H2,1-4H3,(H,19,22)/t2*13-/m11/s1. The molecule has 13 heteroatoms. The predicted molar refractivity (Wildman–Crippen MR) is 181 cm³/mol. The second-order valence-electron chi connectivity index (χ2n) is 14.0. The molecule has 250 valence electrons. The minimum atomic E-state index is -0.516. The van der Waals surface area contributed by atoms with Gasteiger partial charge in [-0.15, -0.1) is 0 Å². The monoisotopic (exact) mass is 753 g/mol. The van der Waals surface area contributed by atoms with Crippen molar-refractivity contribution in [1.29, 1.82) is 0 Å². The van der Waals surface area contributed by atoms with Gasteiger partial charge in [-0.3, -0.25) is 24.1 Å². The largest absolute Gasteiger partial charge is 0.340 e. The number of hydrogen-bond acceptors (Lipinski definition) is 7. The second kappa shape index (κ2) is 15.0. The van der Waals surface area contributed by atoms with Crippen LogP contribution in [0.1, 0.15) is 113 Å². The highest BCUT2D eigenvalue weighted by Gasteiger charge is 2.35. The molecule has 2 aromatic heterocycles. The van der Waals surface area contributed by atoms with Gasteiger partial charge in [0.1, 0.15) is 0 Å². The van der Waals surface area contributed by atoms with Crippen LogP contribution in [0.2, 0.25) is 0 Å². The molecule has 4 rings (SSSR count). The van der Waals surface area contributed by atoms with Gasteiger partial charge in [-0.2, -0.15) is 0 Å². The van der Waals surface area contributed by atoms with Crippen molar-refractivity contribution in [2.24, 2.45) is 10.8 Å². The summed E-state index contributed by atoms with van der Waals surface area (Å²) in [6, 6.07) is -1.01. The number of ketones is 2. The molecule has 0 radical (unpaired) electrons. The number of nitrogens with zero attached hydrogens (tertiary/aromatic N) is 5. The maximum Gasteiger partial charge on any atom is 0.272 e. The van der Waals surface area contributed by atoms with Crippen LogP contribution in [0.3, 0.4) is 0 Å². The van der Waals surface area contributed by atoms with Gasteiger partial charge in [0.2, 0.25) is 0 Å². The Kier molecular flexibility index (Phi) is 12.4. The van der Waals surface area contributed by atoms with E-state index < -0.39 is 12.1 Å². The van der Waals surface area contributed by atoms with E-state index in [1.807, 2.05) is 71.6 Å². The summed E-state index contributed by atoms with van der Waals surface area (Å²) in [6.45, 7) is 18.7. The molecule has 2 N–H and O–H groups in total. The van der Waals surface area contributed by atoms with E-state index in [1.54, 1.807) is 0 Å². The lowest BCUT2D eigenvalue weighted by molar-refractivity contribution is -0.123. The molecule has 0 fully saturated rings. The fourth-order valence-corrected chi connectivity index (χ4v) is 6.82. The van der Waals surface area contributed by atoms with Gasteiger partial charge < -0.3 is 19.8 Å². The Hall–Kier alpha value is -2.38. The van der Waals surface area contributed by atoms with Crippen molar-refractivity contribution in [3.8, 4) is 0 Å². The Bertz CT molecular complexity index is 1420. The molecule has 0 saturated carbocycles. The van der Waals surface area contributed by atoms with Gasteiger partial charge in [-0.05, 0) is 69.0 Å². The number of rotatable bonds is 8. The Balaban J connectivity index is 0.000000246. The van der Waals surface area contributed by atoms with Gasteiger partial charge in [-0.25, -0.2) is 9.97 Å². The van der Waals surface area contributed by atoms with Gasteiger partial charge in [-0.1, -0.05) is 55.4 Å². The van der Waals surface area contributed by atoms with Gasteiger partial charge in [0.05, 0.1) is 23.5 Å². The summed E-state index contributed by atoms with van der Waals surface area (Å²) in [4.78, 5) is 60.7. The number of halogens is 2. The molecule has 2 aromatic rings. The first-order chi connectivity index (χ1) is 20.9. The predicted octanol–water partition coefficient (Wildman–Crippen LogP) is 5.32. The third-order valence-electron chi connectivity index (χ3n) is 8.28. The van der Waals surface area contributed by atoms with Crippen molar-refractivity contribution >= 4 is 55.2 Å². The van der Waals surface area contributed by atoms with Gasteiger partial charge in [0, 0.05) is 39.0 Å². The topological polar surface area (TPSA) is 131 Å². The first-order valence-corrected chi connectivity index (χ1v) is 17.3. The molecule has 2 aliphatic rings. The van der Waals surface area contributed by atoms with Crippen LogP contribution in [-0.4, -0.2) is 73.1 Å². The van der Waals surface area contributed by atoms with E-state index >= 15 is 0 Å². The number of amides is 2. The highest BCUT2D eigenvalue weighted by Crippen LogP contribution is 2.27. The SMILES string of the molecule is CCC(=O)[C@@H](NC(=O)c1nc(Br)n2c1CCCC2)C(C)(C)C.CCC(=O)[C@@H](NC(=O)c1nc(Br)n2c1CN(C)CC2)C(C)(C)C. The first kappa shape index (κ1) is 37.1. The Morgan fingerprint density at radius 2 is 1.18 bits per heavy atom. The molecule has 0 saturated heterocycles. The highest BCUT2D eigenvalue weighted by molar-refractivity contribution is 9.10. The van der Waals surface area contributed by atoms with Crippen LogP contribution < -0.4 is 10.6 Å². The maximum absolute atomic E-state index is 12.7. The summed E-state index contributed by atoms with van der Waals surface area (Å²) in [5.74, 6) is -0.447. The van der Waals surface area contributed by atoms with Crippen LogP contribution in [0.15, 0.2) is 9.47 Å². The van der Waals surface area contributed by atoms with Crippen molar-refractivity contribution < 1.29 is 19.2 Å². The summed E-state index contributed by atoms with van der Waals surface area (Å²) in [5.41, 5.74) is 2.05. The molecule has 2 aliphatic heterocycles. The molecule has 0 aliphatic carbocycles. The van der Waals surface area contributed by atoms with Crippen LogP contribution in [0.4, 0.5) is 0 Å². The van der Waals surface area contributed by atoms with Crippen LogP contribution in [-0.2, 0) is 35.6 Å². The van der Waals surface area contributed by atoms with Crippen LogP contribution >= 0.6 is 31.9 Å². The lowest BCUT2D eigenvalue weighted by Crippen LogP contribution is -2.49. The fourth-order valence-electron chi connectivity index (χ4n) is 5.68. The van der Waals surface area contributed by atoms with Crippen molar-refractivity contribution in [2.45, 2.75) is 119 Å². The molecule has 0 bridgehead atoms. The van der Waals surface area contributed by atoms with Crippen LogP contribution in [0.5, 0.6) is 0 Å². The van der Waals surface area contributed by atoms with Gasteiger partial charge >= 0.3 is 0 Å². The Morgan fingerprint density at radius 3 is 1.62 bits per heavy atom. The van der Waals surface area contributed by atoms with E-state index in [-0.39, 0.29) is 34.2 Å². The molecular weight excluding hydrogens is 706 g/mol. The Labute approximate surface area is 283 Å². The molecule has 4 heterocycles.